The fraction of sp³-hybridized carbons (Fsp3) is 0.471. The van der Waals surface area contributed by atoms with Gasteiger partial charge in [-0.2, -0.15) is 4.31 Å². The molecular formula is C17H21F3N4O3S. The van der Waals surface area contributed by atoms with Crippen molar-refractivity contribution >= 4 is 10.0 Å². The number of ether oxygens (including phenoxy) is 1. The molecule has 0 spiro atoms. The number of rotatable bonds is 6. The fourth-order valence-electron chi connectivity index (χ4n) is 3.05. The van der Waals surface area contributed by atoms with E-state index in [0.29, 0.717) is 26.2 Å². The molecule has 7 nitrogen and oxygen atoms in total. The molecule has 0 amide bonds. The Morgan fingerprint density at radius 1 is 1.07 bits per heavy atom. The number of aryl methyl sites for hydroxylation is 1. The summed E-state index contributed by atoms with van der Waals surface area (Å²) in [7, 11) is -3.76. The number of piperazine rings is 1. The molecule has 28 heavy (non-hydrogen) atoms. The molecule has 0 saturated carbocycles. The van der Waals surface area contributed by atoms with E-state index in [4.69, 9.17) is 0 Å². The lowest BCUT2D eigenvalue weighted by atomic mass is 10.3. The van der Waals surface area contributed by atoms with E-state index in [1.54, 1.807) is 6.20 Å². The summed E-state index contributed by atoms with van der Waals surface area (Å²) in [6.45, 7) is 5.31. The summed E-state index contributed by atoms with van der Waals surface area (Å²) in [5.74, 6) is 0.477. The van der Waals surface area contributed by atoms with Crippen LogP contribution in [0, 0.1) is 6.92 Å². The van der Waals surface area contributed by atoms with Gasteiger partial charge >= 0.3 is 6.36 Å². The van der Waals surface area contributed by atoms with Gasteiger partial charge in [0.15, 0.2) is 0 Å². The molecule has 0 unspecified atom stereocenters. The van der Waals surface area contributed by atoms with Crippen molar-refractivity contribution in [2.75, 3.05) is 32.7 Å². The number of nitrogens with zero attached hydrogens (tertiary/aromatic N) is 4. The van der Waals surface area contributed by atoms with E-state index in [0.717, 1.165) is 43.2 Å². The maximum Gasteiger partial charge on any atom is 0.573 e. The third kappa shape index (κ3) is 5.03. The molecule has 3 rings (SSSR count). The first-order valence-electron chi connectivity index (χ1n) is 8.71. The second-order valence-electron chi connectivity index (χ2n) is 6.43. The van der Waals surface area contributed by atoms with Crippen LogP contribution in [-0.2, 0) is 16.6 Å². The first kappa shape index (κ1) is 20.6. The lowest BCUT2D eigenvalue weighted by Gasteiger charge is -2.34. The van der Waals surface area contributed by atoms with Crippen molar-refractivity contribution < 1.29 is 26.3 Å². The Balaban J connectivity index is 1.56. The van der Waals surface area contributed by atoms with Crippen molar-refractivity contribution in [2.24, 2.45) is 0 Å². The van der Waals surface area contributed by atoms with Crippen molar-refractivity contribution in [1.29, 1.82) is 0 Å². The Hall–Kier alpha value is -2.11. The minimum atomic E-state index is -4.81. The average Bonchev–Trinajstić information content (AvgIpc) is 3.04. The molecule has 2 aromatic rings. The molecule has 1 saturated heterocycles. The number of imidazole rings is 1. The number of aromatic nitrogens is 2. The summed E-state index contributed by atoms with van der Waals surface area (Å²) in [6, 6.07) is 4.27. The van der Waals surface area contributed by atoms with Crippen LogP contribution in [0.5, 0.6) is 5.75 Å². The van der Waals surface area contributed by atoms with Gasteiger partial charge in [0, 0.05) is 51.7 Å². The van der Waals surface area contributed by atoms with Crippen molar-refractivity contribution in [1.82, 2.24) is 18.8 Å². The molecule has 0 radical (unpaired) electrons. The van der Waals surface area contributed by atoms with E-state index in [1.807, 2.05) is 17.7 Å². The molecule has 11 heteroatoms. The molecule has 1 fully saturated rings. The van der Waals surface area contributed by atoms with Crippen LogP contribution in [0.4, 0.5) is 13.2 Å². The van der Waals surface area contributed by atoms with E-state index in [9.17, 15) is 21.6 Å². The second kappa shape index (κ2) is 8.10. The molecule has 1 aromatic heterocycles. The highest BCUT2D eigenvalue weighted by Gasteiger charge is 2.32. The van der Waals surface area contributed by atoms with Gasteiger partial charge in [-0.25, -0.2) is 13.4 Å². The van der Waals surface area contributed by atoms with Gasteiger partial charge in [0.05, 0.1) is 4.90 Å². The van der Waals surface area contributed by atoms with Crippen molar-refractivity contribution in [3.05, 3.63) is 42.5 Å². The Kier molecular flexibility index (Phi) is 5.96. The van der Waals surface area contributed by atoms with Crippen LogP contribution < -0.4 is 4.74 Å². The van der Waals surface area contributed by atoms with Gasteiger partial charge in [0.25, 0.3) is 0 Å². The number of alkyl halides is 3. The first-order chi connectivity index (χ1) is 13.1. The Morgan fingerprint density at radius 3 is 2.25 bits per heavy atom. The zero-order valence-corrected chi connectivity index (χ0v) is 16.1. The van der Waals surface area contributed by atoms with Crippen molar-refractivity contribution in [2.45, 2.75) is 24.7 Å². The highest BCUT2D eigenvalue weighted by Crippen LogP contribution is 2.25. The lowest BCUT2D eigenvalue weighted by molar-refractivity contribution is -0.274. The maximum atomic E-state index is 12.7. The van der Waals surface area contributed by atoms with E-state index in [1.165, 1.54) is 4.31 Å². The average molecular weight is 418 g/mol. The molecule has 0 atom stereocenters. The zero-order valence-electron chi connectivity index (χ0n) is 15.3. The minimum absolute atomic E-state index is 0.0514. The van der Waals surface area contributed by atoms with Crippen molar-refractivity contribution in [3.63, 3.8) is 0 Å². The van der Waals surface area contributed by atoms with Gasteiger partial charge in [-0.05, 0) is 31.2 Å². The third-order valence-corrected chi connectivity index (χ3v) is 6.52. The standard InChI is InChI=1S/C17H21F3N4O3S/c1-14-21-6-7-23(14)11-8-22-9-12-24(13-10-22)28(25,26)16-4-2-15(3-5-16)27-17(18,19)20/h2-7H,8-13H2,1H3. The van der Waals surface area contributed by atoms with Crippen LogP contribution >= 0.6 is 0 Å². The molecule has 0 bridgehead atoms. The number of hydrogen-bond donors (Lipinski definition) is 0. The predicted molar refractivity (Wildman–Crippen MR) is 95.3 cm³/mol. The fourth-order valence-corrected chi connectivity index (χ4v) is 4.47. The van der Waals surface area contributed by atoms with Crippen LogP contribution in [0.3, 0.4) is 0 Å². The topological polar surface area (TPSA) is 67.7 Å². The molecule has 154 valence electrons. The van der Waals surface area contributed by atoms with Gasteiger partial charge in [-0.1, -0.05) is 0 Å². The van der Waals surface area contributed by atoms with E-state index >= 15 is 0 Å². The highest BCUT2D eigenvalue weighted by atomic mass is 32.2. The van der Waals surface area contributed by atoms with Crippen LogP contribution in [0.2, 0.25) is 0 Å². The van der Waals surface area contributed by atoms with Gasteiger partial charge in [0.1, 0.15) is 11.6 Å². The largest absolute Gasteiger partial charge is 0.573 e. The van der Waals surface area contributed by atoms with E-state index in [-0.39, 0.29) is 4.90 Å². The summed E-state index contributed by atoms with van der Waals surface area (Å²) in [6.07, 6.45) is -1.17. The normalized spacial score (nSPS) is 17.0. The van der Waals surface area contributed by atoms with Gasteiger partial charge in [-0.15, -0.1) is 13.2 Å². The molecule has 1 aliphatic heterocycles. The first-order valence-corrected chi connectivity index (χ1v) is 10.2. The van der Waals surface area contributed by atoms with Gasteiger partial charge < -0.3 is 9.30 Å². The Bertz CT molecular complexity index is 889. The smallest absolute Gasteiger partial charge is 0.406 e. The summed E-state index contributed by atoms with van der Waals surface area (Å²) in [5, 5.41) is 0. The molecule has 2 heterocycles. The molecule has 0 aliphatic carbocycles. The predicted octanol–water partition coefficient (Wildman–Crippen LogP) is 2.10. The second-order valence-corrected chi connectivity index (χ2v) is 8.37. The molecule has 1 aromatic carbocycles. The molecule has 0 N–H and O–H groups in total. The number of hydrogen-bond acceptors (Lipinski definition) is 5. The maximum absolute atomic E-state index is 12.7. The van der Waals surface area contributed by atoms with E-state index in [2.05, 4.69) is 14.6 Å². The summed E-state index contributed by atoms with van der Waals surface area (Å²) >= 11 is 0. The van der Waals surface area contributed by atoms with Crippen LogP contribution in [-0.4, -0.2) is 66.3 Å². The minimum Gasteiger partial charge on any atom is -0.406 e. The quantitative estimate of drug-likeness (QED) is 0.719. The summed E-state index contributed by atoms with van der Waals surface area (Å²) in [4.78, 5) is 6.29. The van der Waals surface area contributed by atoms with Gasteiger partial charge in [0.2, 0.25) is 10.0 Å². The lowest BCUT2D eigenvalue weighted by Crippen LogP contribution is -2.49. The third-order valence-electron chi connectivity index (χ3n) is 4.61. The van der Waals surface area contributed by atoms with Crippen molar-refractivity contribution in [3.8, 4) is 5.75 Å². The van der Waals surface area contributed by atoms with Gasteiger partial charge in [-0.3, -0.25) is 4.90 Å². The van der Waals surface area contributed by atoms with Crippen LogP contribution in [0.15, 0.2) is 41.6 Å². The van der Waals surface area contributed by atoms with E-state index < -0.39 is 22.1 Å². The highest BCUT2D eigenvalue weighted by molar-refractivity contribution is 7.89. The molecule has 1 aliphatic rings. The summed E-state index contributed by atoms with van der Waals surface area (Å²) < 4.78 is 69.2. The molecular weight excluding hydrogens is 397 g/mol. The monoisotopic (exact) mass is 418 g/mol. The SMILES string of the molecule is Cc1nccn1CCN1CCN(S(=O)(=O)c2ccc(OC(F)(F)F)cc2)CC1. The number of sulfonamides is 1. The van der Waals surface area contributed by atoms with Crippen LogP contribution in [0.25, 0.3) is 0 Å². The Morgan fingerprint density at radius 2 is 1.71 bits per heavy atom. The van der Waals surface area contributed by atoms with Crippen LogP contribution in [0.1, 0.15) is 5.82 Å². The summed E-state index contributed by atoms with van der Waals surface area (Å²) in [5.41, 5.74) is 0. The Labute approximate surface area is 161 Å². The number of halogens is 3. The number of benzene rings is 1. The zero-order chi connectivity index (χ0) is 20.4.